The first kappa shape index (κ1) is 18.0. The minimum atomic E-state index is -1.57. The van der Waals surface area contributed by atoms with Gasteiger partial charge in [0.2, 0.25) is 0 Å². The number of nitrogens with one attached hydrogen (secondary N) is 2. The molecule has 0 unspecified atom stereocenters. The zero-order valence-electron chi connectivity index (χ0n) is 13.8. The van der Waals surface area contributed by atoms with E-state index in [2.05, 4.69) is 15.6 Å². The average Bonchev–Trinajstić information content (AvgIpc) is 3.08. The van der Waals surface area contributed by atoms with Gasteiger partial charge in [0.15, 0.2) is 12.2 Å². The molecule has 3 N–H and O–H groups in total. The molecule has 9 nitrogen and oxygen atoms in total. The molecule has 0 bridgehead atoms. The number of carboxylic acids is 1. The number of rotatable bonds is 5. The van der Waals surface area contributed by atoms with Crippen LogP contribution in [0.3, 0.4) is 0 Å². The molecule has 1 heterocycles. The van der Waals surface area contributed by atoms with Crippen molar-refractivity contribution >= 4 is 23.5 Å². The Kier molecular flexibility index (Phi) is 5.06. The molecule has 2 rings (SSSR count). The highest BCUT2D eigenvalue weighted by atomic mass is 16.5. The number of ether oxygens (including phenoxy) is 1. The summed E-state index contributed by atoms with van der Waals surface area (Å²) in [5.74, 6) is -2.43. The van der Waals surface area contributed by atoms with E-state index in [9.17, 15) is 14.4 Å². The molecule has 1 aromatic heterocycles. The summed E-state index contributed by atoms with van der Waals surface area (Å²) in [5, 5.41) is 13.5. The maximum Gasteiger partial charge on any atom is 0.328 e. The summed E-state index contributed by atoms with van der Waals surface area (Å²) in [7, 11) is 1.45. The van der Waals surface area contributed by atoms with Crippen LogP contribution in [0.1, 0.15) is 13.8 Å². The third-order valence-corrected chi connectivity index (χ3v) is 3.32. The van der Waals surface area contributed by atoms with Crippen LogP contribution in [-0.4, -0.2) is 40.5 Å². The molecule has 2 amide bonds. The van der Waals surface area contributed by atoms with Gasteiger partial charge in [-0.3, -0.25) is 9.59 Å². The van der Waals surface area contributed by atoms with Crippen LogP contribution in [0.15, 0.2) is 35.2 Å². The quantitative estimate of drug-likeness (QED) is 0.694. The summed E-state index contributed by atoms with van der Waals surface area (Å²) in [6.45, 7) is 2.55. The first-order chi connectivity index (χ1) is 11.7. The molecule has 0 spiro atoms. The topological polar surface area (TPSA) is 131 Å². The summed E-state index contributed by atoms with van der Waals surface area (Å²) in [5.41, 5.74) is -0.648. The van der Waals surface area contributed by atoms with Crippen molar-refractivity contribution in [2.45, 2.75) is 19.4 Å². The Morgan fingerprint density at radius 3 is 2.52 bits per heavy atom. The van der Waals surface area contributed by atoms with E-state index in [4.69, 9.17) is 14.3 Å². The fourth-order valence-corrected chi connectivity index (χ4v) is 1.90. The number of aliphatic carboxylic acids is 1. The second kappa shape index (κ2) is 7.04. The Hall–Kier alpha value is -3.36. The van der Waals surface area contributed by atoms with Crippen molar-refractivity contribution < 1.29 is 28.6 Å². The number of carbonyl (C=O) groups is 3. The molecule has 25 heavy (non-hydrogen) atoms. The maximum atomic E-state index is 11.9. The van der Waals surface area contributed by atoms with Crippen LogP contribution in [-0.2, 0) is 14.4 Å². The first-order valence-electron chi connectivity index (χ1n) is 7.18. The van der Waals surface area contributed by atoms with E-state index in [1.807, 2.05) is 0 Å². The minimum absolute atomic E-state index is 0.299. The first-order valence-corrected chi connectivity index (χ1v) is 7.18. The largest absolute Gasteiger partial charge is 0.496 e. The number of amides is 2. The Bertz CT molecular complexity index is 798. The fourth-order valence-electron chi connectivity index (χ4n) is 1.90. The summed E-state index contributed by atoms with van der Waals surface area (Å²) < 4.78 is 10.4. The van der Waals surface area contributed by atoms with E-state index in [0.717, 1.165) is 0 Å². The number of hydrogen-bond acceptors (Lipinski definition) is 6. The van der Waals surface area contributed by atoms with Crippen molar-refractivity contribution in [3.63, 3.8) is 0 Å². The van der Waals surface area contributed by atoms with Gasteiger partial charge in [-0.1, -0.05) is 0 Å². The van der Waals surface area contributed by atoms with Crippen molar-refractivity contribution in [2.75, 3.05) is 12.4 Å². The Labute approximate surface area is 143 Å². The highest BCUT2D eigenvalue weighted by Crippen LogP contribution is 2.32. The molecule has 2 aromatic rings. The lowest BCUT2D eigenvalue weighted by Gasteiger charge is -2.20. The van der Waals surface area contributed by atoms with Gasteiger partial charge < -0.3 is 24.9 Å². The van der Waals surface area contributed by atoms with E-state index < -0.39 is 23.3 Å². The van der Waals surface area contributed by atoms with Crippen molar-refractivity contribution in [3.05, 3.63) is 30.8 Å². The van der Waals surface area contributed by atoms with E-state index in [1.54, 1.807) is 12.1 Å². The predicted octanol–water partition coefficient (Wildman–Crippen LogP) is 1.27. The van der Waals surface area contributed by atoms with Gasteiger partial charge in [-0.25, -0.2) is 9.78 Å². The summed E-state index contributed by atoms with van der Waals surface area (Å²) in [6.07, 6.45) is 2.79. The van der Waals surface area contributed by atoms with Crippen molar-refractivity contribution in [1.82, 2.24) is 10.3 Å². The molecule has 0 fully saturated rings. The van der Waals surface area contributed by atoms with E-state index in [-0.39, 0.29) is 0 Å². The van der Waals surface area contributed by atoms with Crippen molar-refractivity contribution in [1.29, 1.82) is 0 Å². The average molecular weight is 347 g/mol. The van der Waals surface area contributed by atoms with Crippen LogP contribution in [0.25, 0.3) is 11.3 Å². The monoisotopic (exact) mass is 347 g/mol. The molecule has 132 valence electrons. The lowest BCUT2D eigenvalue weighted by Crippen LogP contribution is -2.52. The van der Waals surface area contributed by atoms with E-state index in [0.29, 0.717) is 22.8 Å². The minimum Gasteiger partial charge on any atom is -0.496 e. The highest BCUT2D eigenvalue weighted by Gasteiger charge is 2.31. The maximum absolute atomic E-state index is 11.9. The van der Waals surface area contributed by atoms with Gasteiger partial charge in [0.25, 0.3) is 0 Å². The van der Waals surface area contributed by atoms with Crippen LogP contribution < -0.4 is 15.4 Å². The summed E-state index contributed by atoms with van der Waals surface area (Å²) in [4.78, 5) is 38.6. The Morgan fingerprint density at radius 2 is 1.96 bits per heavy atom. The number of aromatic nitrogens is 1. The molecule has 1 aromatic carbocycles. The SMILES string of the molecule is COc1cc(NC(=O)C(=O)NC(C)(C)C(=O)O)ccc1-c1cnco1. The van der Waals surface area contributed by atoms with E-state index >= 15 is 0 Å². The van der Waals surface area contributed by atoms with Crippen LogP contribution in [0.4, 0.5) is 5.69 Å². The van der Waals surface area contributed by atoms with Gasteiger partial charge in [0.1, 0.15) is 11.3 Å². The zero-order valence-corrected chi connectivity index (χ0v) is 13.8. The van der Waals surface area contributed by atoms with Crippen molar-refractivity contribution in [2.24, 2.45) is 0 Å². The Balaban J connectivity index is 2.13. The molecule has 0 aliphatic carbocycles. The third-order valence-electron chi connectivity index (χ3n) is 3.32. The molecular weight excluding hydrogens is 330 g/mol. The van der Waals surface area contributed by atoms with Gasteiger partial charge in [-0.15, -0.1) is 0 Å². The van der Waals surface area contributed by atoms with Gasteiger partial charge >= 0.3 is 17.8 Å². The van der Waals surface area contributed by atoms with Crippen LogP contribution >= 0.6 is 0 Å². The number of carbonyl (C=O) groups excluding carboxylic acids is 2. The zero-order chi connectivity index (χ0) is 18.6. The number of carboxylic acid groups (broad SMARTS) is 1. The highest BCUT2D eigenvalue weighted by molar-refractivity contribution is 6.40. The summed E-state index contributed by atoms with van der Waals surface area (Å²) >= 11 is 0. The molecule has 0 saturated heterocycles. The van der Waals surface area contributed by atoms with E-state index in [1.165, 1.54) is 39.6 Å². The van der Waals surface area contributed by atoms with Crippen LogP contribution in [0, 0.1) is 0 Å². The van der Waals surface area contributed by atoms with Crippen LogP contribution in [0.5, 0.6) is 5.75 Å². The number of oxazole rings is 1. The second-order valence-electron chi connectivity index (χ2n) is 5.62. The van der Waals surface area contributed by atoms with Gasteiger partial charge in [0.05, 0.1) is 18.9 Å². The van der Waals surface area contributed by atoms with Gasteiger partial charge in [-0.05, 0) is 26.0 Å². The molecule has 0 aliphatic rings. The molecular formula is C16H17N3O6. The number of nitrogens with zero attached hydrogens (tertiary/aromatic N) is 1. The van der Waals surface area contributed by atoms with Gasteiger partial charge in [0, 0.05) is 11.8 Å². The molecule has 0 atom stereocenters. The third kappa shape index (κ3) is 4.14. The number of anilines is 1. The second-order valence-corrected chi connectivity index (χ2v) is 5.62. The molecule has 0 saturated carbocycles. The van der Waals surface area contributed by atoms with Crippen molar-refractivity contribution in [3.8, 4) is 17.1 Å². The molecule has 0 radical (unpaired) electrons. The Morgan fingerprint density at radius 1 is 1.24 bits per heavy atom. The number of hydrogen-bond donors (Lipinski definition) is 3. The lowest BCUT2D eigenvalue weighted by atomic mass is 10.1. The fraction of sp³-hybridized carbons (Fsp3) is 0.250. The lowest BCUT2D eigenvalue weighted by molar-refractivity contribution is -0.147. The summed E-state index contributed by atoms with van der Waals surface area (Å²) in [6, 6.07) is 4.69. The standard InChI is InChI=1S/C16H17N3O6/c1-16(2,15(22)23)19-14(21)13(20)18-9-4-5-10(11(6-9)24-3)12-7-17-8-25-12/h4-8H,1-3H3,(H,18,20)(H,19,21)(H,22,23). The van der Waals surface area contributed by atoms with Crippen LogP contribution in [0.2, 0.25) is 0 Å². The van der Waals surface area contributed by atoms with Gasteiger partial charge in [-0.2, -0.15) is 0 Å². The predicted molar refractivity (Wildman–Crippen MR) is 87.0 cm³/mol. The number of benzene rings is 1. The normalized spacial score (nSPS) is 10.8. The number of methoxy groups -OCH3 is 1. The molecule has 0 aliphatic heterocycles. The smallest absolute Gasteiger partial charge is 0.328 e. The molecule has 9 heteroatoms.